The zero-order chi connectivity index (χ0) is 13.1. The third kappa shape index (κ3) is 2.76. The van der Waals surface area contributed by atoms with Gasteiger partial charge >= 0.3 is 0 Å². The molecule has 2 aromatic heterocycles. The number of nitrogens with one attached hydrogen (secondary N) is 1. The van der Waals surface area contributed by atoms with Gasteiger partial charge in [-0.3, -0.25) is 4.79 Å². The van der Waals surface area contributed by atoms with E-state index in [4.69, 9.17) is 4.42 Å². The van der Waals surface area contributed by atoms with Gasteiger partial charge in [0.15, 0.2) is 10.9 Å². The van der Waals surface area contributed by atoms with Crippen molar-refractivity contribution in [2.45, 2.75) is 19.3 Å². The third-order valence-corrected chi connectivity index (χ3v) is 3.91. The van der Waals surface area contributed by atoms with Crippen LogP contribution >= 0.6 is 11.3 Å². The summed E-state index contributed by atoms with van der Waals surface area (Å²) in [6.45, 7) is 0. The topological polar surface area (TPSA) is 55.1 Å². The van der Waals surface area contributed by atoms with Crippen LogP contribution in [0.1, 0.15) is 19.3 Å². The van der Waals surface area contributed by atoms with Crippen LogP contribution in [0.4, 0.5) is 5.13 Å². The molecule has 0 saturated heterocycles. The van der Waals surface area contributed by atoms with Crippen LogP contribution in [0.25, 0.3) is 11.5 Å². The summed E-state index contributed by atoms with van der Waals surface area (Å²) in [5.41, 5.74) is 0.758. The SMILES string of the molecule is O=C(Nc1nc(-c2ccco2)cs1)[C@@H]1CC=CCC1. The summed E-state index contributed by atoms with van der Waals surface area (Å²) in [4.78, 5) is 16.4. The van der Waals surface area contributed by atoms with Gasteiger partial charge in [-0.25, -0.2) is 4.98 Å². The fraction of sp³-hybridized carbons (Fsp3) is 0.286. The lowest BCUT2D eigenvalue weighted by Gasteiger charge is -2.15. The lowest BCUT2D eigenvalue weighted by Crippen LogP contribution is -2.23. The molecule has 1 amide bonds. The molecule has 1 aliphatic carbocycles. The molecule has 3 rings (SSSR count). The normalized spacial score (nSPS) is 18.4. The van der Waals surface area contributed by atoms with E-state index in [1.165, 1.54) is 11.3 Å². The lowest BCUT2D eigenvalue weighted by atomic mass is 9.94. The molecule has 0 saturated carbocycles. The zero-order valence-corrected chi connectivity index (χ0v) is 11.2. The predicted molar refractivity (Wildman–Crippen MR) is 74.9 cm³/mol. The molecule has 1 atom stereocenters. The standard InChI is InChI=1S/C14H14N2O2S/c17-13(10-5-2-1-3-6-10)16-14-15-11(9-19-14)12-7-4-8-18-12/h1-2,4,7-10H,3,5-6H2,(H,15,16,17)/t10-/m1/s1. The lowest BCUT2D eigenvalue weighted by molar-refractivity contribution is -0.120. The van der Waals surface area contributed by atoms with Crippen LogP contribution in [0.2, 0.25) is 0 Å². The zero-order valence-electron chi connectivity index (χ0n) is 10.3. The van der Waals surface area contributed by atoms with Gasteiger partial charge in [0.05, 0.1) is 6.26 Å². The second-order valence-corrected chi connectivity index (χ2v) is 5.34. The van der Waals surface area contributed by atoms with E-state index in [0.717, 1.165) is 30.7 Å². The maximum absolute atomic E-state index is 12.1. The summed E-state index contributed by atoms with van der Waals surface area (Å²) in [5.74, 6) is 0.850. The molecule has 4 nitrogen and oxygen atoms in total. The minimum Gasteiger partial charge on any atom is -0.463 e. The first-order valence-electron chi connectivity index (χ1n) is 6.28. The van der Waals surface area contributed by atoms with Gasteiger partial charge in [0.1, 0.15) is 5.69 Å². The molecule has 0 spiro atoms. The number of carbonyl (C=O) groups excluding carboxylic acids is 1. The first kappa shape index (κ1) is 12.2. The highest BCUT2D eigenvalue weighted by molar-refractivity contribution is 7.14. The summed E-state index contributed by atoms with van der Waals surface area (Å²) in [5, 5.41) is 5.40. The van der Waals surface area contributed by atoms with Crippen molar-refractivity contribution in [1.29, 1.82) is 0 Å². The summed E-state index contributed by atoms with van der Waals surface area (Å²) in [6, 6.07) is 3.67. The van der Waals surface area contributed by atoms with Crippen LogP contribution in [0.5, 0.6) is 0 Å². The van der Waals surface area contributed by atoms with E-state index in [2.05, 4.69) is 22.5 Å². The highest BCUT2D eigenvalue weighted by Crippen LogP contribution is 2.26. The largest absolute Gasteiger partial charge is 0.463 e. The first-order valence-corrected chi connectivity index (χ1v) is 7.16. The smallest absolute Gasteiger partial charge is 0.229 e. The molecular formula is C14H14N2O2S. The average molecular weight is 274 g/mol. The van der Waals surface area contributed by atoms with E-state index in [1.807, 2.05) is 17.5 Å². The third-order valence-electron chi connectivity index (χ3n) is 3.15. The van der Waals surface area contributed by atoms with Gasteiger partial charge < -0.3 is 9.73 Å². The van der Waals surface area contributed by atoms with E-state index in [9.17, 15) is 4.79 Å². The van der Waals surface area contributed by atoms with Gasteiger partial charge in [0.2, 0.25) is 5.91 Å². The summed E-state index contributed by atoms with van der Waals surface area (Å²) < 4.78 is 5.28. The Morgan fingerprint density at radius 1 is 1.47 bits per heavy atom. The minimum atomic E-state index is 0.0599. The Morgan fingerprint density at radius 2 is 2.42 bits per heavy atom. The Bertz CT molecular complexity index is 586. The van der Waals surface area contributed by atoms with Crippen molar-refractivity contribution in [3.05, 3.63) is 35.9 Å². The molecule has 0 bridgehead atoms. The Balaban J connectivity index is 1.67. The molecule has 0 radical (unpaired) electrons. The molecule has 98 valence electrons. The van der Waals surface area contributed by atoms with Crippen molar-refractivity contribution in [3.63, 3.8) is 0 Å². The van der Waals surface area contributed by atoms with E-state index >= 15 is 0 Å². The van der Waals surface area contributed by atoms with Gasteiger partial charge in [-0.2, -0.15) is 0 Å². The number of carbonyl (C=O) groups is 1. The monoisotopic (exact) mass is 274 g/mol. The van der Waals surface area contributed by atoms with E-state index in [0.29, 0.717) is 5.13 Å². The van der Waals surface area contributed by atoms with Gasteiger partial charge in [-0.1, -0.05) is 12.2 Å². The number of anilines is 1. The Labute approximate surface area is 115 Å². The van der Waals surface area contributed by atoms with Crippen LogP contribution in [-0.2, 0) is 4.79 Å². The van der Waals surface area contributed by atoms with Crippen molar-refractivity contribution < 1.29 is 9.21 Å². The Morgan fingerprint density at radius 3 is 3.16 bits per heavy atom. The van der Waals surface area contributed by atoms with Crippen LogP contribution < -0.4 is 5.32 Å². The molecule has 0 aromatic carbocycles. The molecule has 19 heavy (non-hydrogen) atoms. The van der Waals surface area contributed by atoms with Crippen LogP contribution in [0, 0.1) is 5.92 Å². The van der Waals surface area contributed by atoms with Crippen LogP contribution in [0.15, 0.2) is 40.3 Å². The number of thiazole rings is 1. The van der Waals surface area contributed by atoms with Gasteiger partial charge in [-0.15, -0.1) is 11.3 Å². The van der Waals surface area contributed by atoms with Gasteiger partial charge in [0.25, 0.3) is 0 Å². The van der Waals surface area contributed by atoms with Gasteiger partial charge in [0, 0.05) is 11.3 Å². The molecule has 0 fully saturated rings. The van der Waals surface area contributed by atoms with E-state index in [1.54, 1.807) is 6.26 Å². The molecule has 2 aromatic rings. The van der Waals surface area contributed by atoms with E-state index < -0.39 is 0 Å². The molecule has 1 aliphatic rings. The van der Waals surface area contributed by atoms with E-state index in [-0.39, 0.29) is 11.8 Å². The number of rotatable bonds is 3. The minimum absolute atomic E-state index is 0.0599. The maximum atomic E-state index is 12.1. The number of allylic oxidation sites excluding steroid dienone is 2. The second kappa shape index (κ2) is 5.40. The fourth-order valence-electron chi connectivity index (χ4n) is 2.11. The number of nitrogens with zero attached hydrogens (tertiary/aromatic N) is 1. The van der Waals surface area contributed by atoms with Crippen LogP contribution in [0.3, 0.4) is 0 Å². The van der Waals surface area contributed by atoms with Crippen molar-refractivity contribution in [1.82, 2.24) is 4.98 Å². The molecule has 2 heterocycles. The van der Waals surface area contributed by atoms with Gasteiger partial charge in [-0.05, 0) is 31.4 Å². The van der Waals surface area contributed by atoms with Crippen molar-refractivity contribution in [3.8, 4) is 11.5 Å². The predicted octanol–water partition coefficient (Wildman–Crippen LogP) is 3.70. The summed E-state index contributed by atoms with van der Waals surface area (Å²) in [6.07, 6.45) is 8.53. The highest BCUT2D eigenvalue weighted by Gasteiger charge is 2.19. The van der Waals surface area contributed by atoms with Crippen molar-refractivity contribution in [2.75, 3.05) is 5.32 Å². The Kier molecular flexibility index (Phi) is 3.46. The molecule has 1 N–H and O–H groups in total. The molecule has 0 aliphatic heterocycles. The number of hydrogen-bond donors (Lipinski definition) is 1. The number of furan rings is 1. The summed E-state index contributed by atoms with van der Waals surface area (Å²) in [7, 11) is 0. The molecular weight excluding hydrogens is 260 g/mol. The van der Waals surface area contributed by atoms with Crippen molar-refractivity contribution in [2.24, 2.45) is 5.92 Å². The highest BCUT2D eigenvalue weighted by atomic mass is 32.1. The Hall–Kier alpha value is -1.88. The quantitative estimate of drug-likeness (QED) is 0.868. The molecule has 0 unspecified atom stereocenters. The number of hydrogen-bond acceptors (Lipinski definition) is 4. The first-order chi connectivity index (χ1) is 9.33. The number of aromatic nitrogens is 1. The van der Waals surface area contributed by atoms with Crippen LogP contribution in [-0.4, -0.2) is 10.9 Å². The molecule has 5 heteroatoms. The summed E-state index contributed by atoms with van der Waals surface area (Å²) >= 11 is 1.42. The number of amides is 1. The maximum Gasteiger partial charge on any atom is 0.229 e. The van der Waals surface area contributed by atoms with Crippen molar-refractivity contribution >= 4 is 22.4 Å². The average Bonchev–Trinajstić information content (AvgIpc) is 3.10. The fourth-order valence-corrected chi connectivity index (χ4v) is 2.81. The second-order valence-electron chi connectivity index (χ2n) is 4.49.